The molecule has 0 radical (unpaired) electrons. The van der Waals surface area contributed by atoms with Crippen molar-refractivity contribution < 1.29 is 19.1 Å². The molecule has 1 heterocycles. The summed E-state index contributed by atoms with van der Waals surface area (Å²) in [5.74, 6) is -0.276. The predicted molar refractivity (Wildman–Crippen MR) is 134 cm³/mol. The number of esters is 1. The van der Waals surface area contributed by atoms with Crippen LogP contribution in [0.4, 0.5) is 5.69 Å². The number of rotatable bonds is 12. The third-order valence-electron chi connectivity index (χ3n) is 4.70. The number of amides is 2. The van der Waals surface area contributed by atoms with Crippen molar-refractivity contribution >= 4 is 35.2 Å². The minimum absolute atomic E-state index is 0.0795. The van der Waals surface area contributed by atoms with Gasteiger partial charge in [-0.05, 0) is 36.8 Å². The van der Waals surface area contributed by atoms with E-state index in [-0.39, 0.29) is 24.1 Å². The van der Waals surface area contributed by atoms with Gasteiger partial charge in [0, 0.05) is 17.8 Å². The third kappa shape index (κ3) is 7.54. The zero-order valence-electron chi connectivity index (χ0n) is 19.4. The minimum Gasteiger partial charge on any atom is -0.462 e. The van der Waals surface area contributed by atoms with E-state index in [1.54, 1.807) is 59.2 Å². The number of carbonyl (C=O) groups excluding carboxylic acids is 3. The SMILES string of the molecule is C=CCn1c(CNC(=O)c2ccccc2)nnc1SCC(=O)Nc1cccc(C(=O)OCCC)c1. The standard InChI is InChI=1S/C25H27N5O4S/c1-3-13-30-21(16-26-23(32)18-9-6-5-7-10-18)28-29-25(30)35-17-22(31)27-20-12-8-11-19(15-20)24(33)34-14-4-2/h3,5-12,15H,1,4,13-14,16-17H2,2H3,(H,26,32)(H,27,31). The lowest BCUT2D eigenvalue weighted by atomic mass is 10.2. The van der Waals surface area contributed by atoms with Gasteiger partial charge in [0.1, 0.15) is 0 Å². The van der Waals surface area contributed by atoms with Gasteiger partial charge in [0.15, 0.2) is 11.0 Å². The van der Waals surface area contributed by atoms with Crippen LogP contribution in [-0.2, 0) is 22.6 Å². The van der Waals surface area contributed by atoms with Gasteiger partial charge in [0.05, 0.1) is 24.5 Å². The number of hydrogen-bond donors (Lipinski definition) is 2. The van der Waals surface area contributed by atoms with E-state index in [1.807, 2.05) is 13.0 Å². The number of nitrogens with zero attached hydrogens (tertiary/aromatic N) is 3. The van der Waals surface area contributed by atoms with Crippen LogP contribution in [0.25, 0.3) is 0 Å². The van der Waals surface area contributed by atoms with Gasteiger partial charge in [0.25, 0.3) is 5.91 Å². The summed E-state index contributed by atoms with van der Waals surface area (Å²) in [4.78, 5) is 36.9. The van der Waals surface area contributed by atoms with Gasteiger partial charge in [-0.25, -0.2) is 4.79 Å². The Morgan fingerprint density at radius 3 is 2.60 bits per heavy atom. The smallest absolute Gasteiger partial charge is 0.338 e. The van der Waals surface area contributed by atoms with Crippen LogP contribution in [0.1, 0.15) is 39.9 Å². The molecule has 9 nitrogen and oxygen atoms in total. The van der Waals surface area contributed by atoms with E-state index in [0.29, 0.717) is 40.9 Å². The molecule has 2 N–H and O–H groups in total. The Hall–Kier alpha value is -3.92. The van der Waals surface area contributed by atoms with E-state index in [2.05, 4.69) is 27.4 Å². The molecule has 182 valence electrons. The van der Waals surface area contributed by atoms with Crippen molar-refractivity contribution in [3.8, 4) is 0 Å². The zero-order valence-corrected chi connectivity index (χ0v) is 20.2. The highest BCUT2D eigenvalue weighted by Crippen LogP contribution is 2.19. The maximum absolute atomic E-state index is 12.5. The molecule has 0 bridgehead atoms. The van der Waals surface area contributed by atoms with Crippen LogP contribution in [0.15, 0.2) is 72.4 Å². The Balaban J connectivity index is 1.58. The maximum Gasteiger partial charge on any atom is 0.338 e. The number of carbonyl (C=O) groups is 3. The fourth-order valence-corrected chi connectivity index (χ4v) is 3.82. The second kappa shape index (κ2) is 13.1. The molecule has 0 aliphatic heterocycles. The van der Waals surface area contributed by atoms with Crippen LogP contribution < -0.4 is 10.6 Å². The van der Waals surface area contributed by atoms with Gasteiger partial charge >= 0.3 is 5.97 Å². The largest absolute Gasteiger partial charge is 0.462 e. The number of benzene rings is 2. The summed E-state index contributed by atoms with van der Waals surface area (Å²) in [6.07, 6.45) is 2.43. The summed E-state index contributed by atoms with van der Waals surface area (Å²) in [5, 5.41) is 14.5. The normalized spacial score (nSPS) is 10.4. The van der Waals surface area contributed by atoms with E-state index in [4.69, 9.17) is 4.74 Å². The first kappa shape index (κ1) is 25.7. The molecule has 0 atom stereocenters. The molecule has 0 saturated carbocycles. The van der Waals surface area contributed by atoms with Gasteiger partial charge in [-0.15, -0.1) is 16.8 Å². The Morgan fingerprint density at radius 2 is 1.86 bits per heavy atom. The lowest BCUT2D eigenvalue weighted by molar-refractivity contribution is -0.113. The summed E-state index contributed by atoms with van der Waals surface area (Å²) in [6, 6.07) is 15.5. The fraction of sp³-hybridized carbons (Fsp3) is 0.240. The minimum atomic E-state index is -0.429. The number of thioether (sulfide) groups is 1. The average molecular weight is 494 g/mol. The first-order valence-electron chi connectivity index (χ1n) is 11.1. The quantitative estimate of drug-likeness (QED) is 0.225. The summed E-state index contributed by atoms with van der Waals surface area (Å²) < 4.78 is 6.92. The molecule has 0 spiro atoms. The van der Waals surface area contributed by atoms with Crippen molar-refractivity contribution in [2.45, 2.75) is 31.6 Å². The number of nitrogens with one attached hydrogen (secondary N) is 2. The topological polar surface area (TPSA) is 115 Å². The van der Waals surface area contributed by atoms with Crippen LogP contribution >= 0.6 is 11.8 Å². The third-order valence-corrected chi connectivity index (χ3v) is 5.67. The first-order chi connectivity index (χ1) is 17.0. The molecule has 1 aromatic heterocycles. The van der Waals surface area contributed by atoms with Crippen LogP contribution in [0.5, 0.6) is 0 Å². The first-order valence-corrected chi connectivity index (χ1v) is 12.1. The van der Waals surface area contributed by atoms with Gasteiger partial charge in [-0.2, -0.15) is 0 Å². The van der Waals surface area contributed by atoms with E-state index >= 15 is 0 Å². The van der Waals surface area contributed by atoms with Crippen LogP contribution in [0, 0.1) is 0 Å². The molecule has 0 fully saturated rings. The number of aromatic nitrogens is 3. The molecule has 3 aromatic rings. The van der Waals surface area contributed by atoms with Gasteiger partial charge in [-0.3, -0.25) is 9.59 Å². The molecule has 3 rings (SSSR count). The molecular weight excluding hydrogens is 466 g/mol. The lowest BCUT2D eigenvalue weighted by Gasteiger charge is -2.10. The van der Waals surface area contributed by atoms with Crippen molar-refractivity contribution in [3.63, 3.8) is 0 Å². The summed E-state index contributed by atoms with van der Waals surface area (Å²) in [7, 11) is 0. The Kier molecular flexibility index (Phi) is 9.61. The lowest BCUT2D eigenvalue weighted by Crippen LogP contribution is -2.24. The molecule has 2 aromatic carbocycles. The van der Waals surface area contributed by atoms with Crippen molar-refractivity contribution in [1.29, 1.82) is 0 Å². The van der Waals surface area contributed by atoms with Crippen molar-refractivity contribution in [1.82, 2.24) is 20.1 Å². The predicted octanol–water partition coefficient (Wildman–Crippen LogP) is 3.69. The summed E-state index contributed by atoms with van der Waals surface area (Å²) >= 11 is 1.21. The highest BCUT2D eigenvalue weighted by Gasteiger charge is 2.15. The maximum atomic E-state index is 12.5. The number of anilines is 1. The van der Waals surface area contributed by atoms with E-state index in [9.17, 15) is 14.4 Å². The zero-order chi connectivity index (χ0) is 25.0. The molecule has 0 saturated heterocycles. The molecule has 2 amide bonds. The molecule has 0 unspecified atom stereocenters. The van der Waals surface area contributed by atoms with Crippen LogP contribution in [0.2, 0.25) is 0 Å². The second-order valence-corrected chi connectivity index (χ2v) is 8.34. The fourth-order valence-electron chi connectivity index (χ4n) is 3.05. The molecule has 35 heavy (non-hydrogen) atoms. The summed E-state index contributed by atoms with van der Waals surface area (Å²) in [5.41, 5.74) is 1.42. The second-order valence-electron chi connectivity index (χ2n) is 7.40. The molecule has 0 aliphatic carbocycles. The Bertz CT molecular complexity index is 1180. The van der Waals surface area contributed by atoms with Crippen molar-refractivity contribution in [2.75, 3.05) is 17.7 Å². The number of hydrogen-bond acceptors (Lipinski definition) is 7. The number of ether oxygens (including phenoxy) is 1. The van der Waals surface area contributed by atoms with Crippen molar-refractivity contribution in [3.05, 3.63) is 84.2 Å². The Labute approximate surface area is 208 Å². The number of allylic oxidation sites excluding steroid dienone is 1. The monoisotopic (exact) mass is 493 g/mol. The average Bonchev–Trinajstić information content (AvgIpc) is 3.26. The van der Waals surface area contributed by atoms with Gasteiger partial charge in [0.2, 0.25) is 5.91 Å². The highest BCUT2D eigenvalue weighted by atomic mass is 32.2. The van der Waals surface area contributed by atoms with Crippen LogP contribution in [-0.4, -0.2) is 44.9 Å². The molecule has 10 heteroatoms. The Morgan fingerprint density at radius 1 is 1.09 bits per heavy atom. The summed E-state index contributed by atoms with van der Waals surface area (Å²) in [6.45, 7) is 6.63. The van der Waals surface area contributed by atoms with Gasteiger partial charge in [-0.1, -0.05) is 49.0 Å². The van der Waals surface area contributed by atoms with E-state index in [0.717, 1.165) is 6.42 Å². The van der Waals surface area contributed by atoms with Crippen LogP contribution in [0.3, 0.4) is 0 Å². The van der Waals surface area contributed by atoms with Crippen molar-refractivity contribution in [2.24, 2.45) is 0 Å². The van der Waals surface area contributed by atoms with E-state index < -0.39 is 5.97 Å². The molecular formula is C25H27N5O4S. The molecule has 0 aliphatic rings. The van der Waals surface area contributed by atoms with Gasteiger partial charge < -0.3 is 19.9 Å². The highest BCUT2D eigenvalue weighted by molar-refractivity contribution is 7.99. The van der Waals surface area contributed by atoms with E-state index in [1.165, 1.54) is 11.8 Å².